The van der Waals surface area contributed by atoms with E-state index >= 15 is 0 Å². The first-order valence-corrected chi connectivity index (χ1v) is 7.63. The first-order chi connectivity index (χ1) is 10.1. The number of amidine groups is 1. The van der Waals surface area contributed by atoms with Crippen LogP contribution in [0, 0.1) is 11.2 Å². The Morgan fingerprint density at radius 1 is 1.38 bits per heavy atom. The van der Waals surface area contributed by atoms with Gasteiger partial charge in [-0.3, -0.25) is 10.3 Å². The van der Waals surface area contributed by atoms with Crippen molar-refractivity contribution in [3.63, 3.8) is 0 Å². The fourth-order valence-corrected chi connectivity index (χ4v) is 3.53. The van der Waals surface area contributed by atoms with Crippen LogP contribution in [0.3, 0.4) is 0 Å². The summed E-state index contributed by atoms with van der Waals surface area (Å²) in [5, 5.41) is 7.64. The number of fused-ring (bicyclic) bond motifs is 1. The van der Waals surface area contributed by atoms with Crippen molar-refractivity contribution in [3.05, 3.63) is 35.1 Å². The molecule has 0 aromatic heterocycles. The number of nitrogen functional groups attached to an aromatic ring is 1. The maximum atomic E-state index is 13.4. The summed E-state index contributed by atoms with van der Waals surface area (Å²) in [6.07, 6.45) is 5.09. The molecule has 0 spiro atoms. The number of nitrogens with zero attached hydrogens (tertiary/aromatic N) is 1. The van der Waals surface area contributed by atoms with Crippen LogP contribution < -0.4 is 5.73 Å². The molecular weight excluding hydrogens is 269 g/mol. The van der Waals surface area contributed by atoms with Crippen LogP contribution >= 0.6 is 0 Å². The zero-order valence-corrected chi connectivity index (χ0v) is 12.1. The molecule has 2 aliphatic rings. The van der Waals surface area contributed by atoms with E-state index < -0.39 is 0 Å². The van der Waals surface area contributed by atoms with Crippen LogP contribution in [0.1, 0.15) is 36.8 Å². The molecule has 2 fully saturated rings. The molecule has 4 nitrogen and oxygen atoms in total. The van der Waals surface area contributed by atoms with Crippen LogP contribution in [0.25, 0.3) is 0 Å². The Hall–Kier alpha value is -1.46. The summed E-state index contributed by atoms with van der Waals surface area (Å²) in [6, 6.07) is 4.99. The second kappa shape index (κ2) is 6.12. The van der Waals surface area contributed by atoms with Crippen molar-refractivity contribution in [2.45, 2.75) is 44.4 Å². The molecule has 1 heterocycles. The smallest absolute Gasteiger partial charge is 0.123 e. The highest BCUT2D eigenvalue weighted by Crippen LogP contribution is 2.29. The predicted octanol–water partition coefficient (Wildman–Crippen LogP) is 2.25. The van der Waals surface area contributed by atoms with Crippen LogP contribution in [0.2, 0.25) is 0 Å². The number of hydrogen-bond acceptors (Lipinski definition) is 3. The van der Waals surface area contributed by atoms with E-state index in [2.05, 4.69) is 4.90 Å². The van der Waals surface area contributed by atoms with Crippen LogP contribution in [-0.2, 0) is 11.3 Å². The van der Waals surface area contributed by atoms with Crippen LogP contribution in [0.5, 0.6) is 0 Å². The van der Waals surface area contributed by atoms with Crippen LogP contribution in [0.15, 0.2) is 18.2 Å². The van der Waals surface area contributed by atoms with E-state index in [4.69, 9.17) is 15.9 Å². The Morgan fingerprint density at radius 3 is 3.00 bits per heavy atom. The number of hydrogen-bond donors (Lipinski definition) is 2. The van der Waals surface area contributed by atoms with Gasteiger partial charge < -0.3 is 10.5 Å². The minimum absolute atomic E-state index is 0.0713. The summed E-state index contributed by atoms with van der Waals surface area (Å²) >= 11 is 0. The zero-order chi connectivity index (χ0) is 14.8. The second-order valence-electron chi connectivity index (χ2n) is 5.95. The van der Waals surface area contributed by atoms with Gasteiger partial charge >= 0.3 is 0 Å². The van der Waals surface area contributed by atoms with Gasteiger partial charge in [0.15, 0.2) is 0 Å². The molecule has 1 aliphatic carbocycles. The van der Waals surface area contributed by atoms with Gasteiger partial charge in [-0.1, -0.05) is 18.9 Å². The minimum Gasteiger partial charge on any atom is -0.384 e. The average molecular weight is 291 g/mol. The number of halogens is 1. The summed E-state index contributed by atoms with van der Waals surface area (Å²) in [6.45, 7) is 2.34. The van der Waals surface area contributed by atoms with E-state index in [0.717, 1.165) is 31.6 Å². The molecule has 114 valence electrons. The largest absolute Gasteiger partial charge is 0.384 e. The van der Waals surface area contributed by atoms with Gasteiger partial charge in [0.05, 0.1) is 12.7 Å². The summed E-state index contributed by atoms with van der Waals surface area (Å²) in [4.78, 5) is 2.41. The molecular formula is C16H22FN3O. The van der Waals surface area contributed by atoms with Gasteiger partial charge in [0, 0.05) is 24.7 Å². The number of benzene rings is 1. The van der Waals surface area contributed by atoms with Gasteiger partial charge in [0.1, 0.15) is 11.7 Å². The molecule has 0 amide bonds. The van der Waals surface area contributed by atoms with Crippen molar-refractivity contribution in [1.82, 2.24) is 4.90 Å². The second-order valence-corrected chi connectivity index (χ2v) is 5.95. The molecule has 21 heavy (non-hydrogen) atoms. The van der Waals surface area contributed by atoms with Crippen LogP contribution in [0.4, 0.5) is 4.39 Å². The first-order valence-electron chi connectivity index (χ1n) is 7.63. The number of nitrogens with two attached hydrogens (primary N) is 1. The lowest BCUT2D eigenvalue weighted by Crippen LogP contribution is -2.52. The standard InChI is InChI=1S/C16H22FN3O/c17-12-6-5-11(13(9-12)16(18)19)10-20-7-8-21-15-4-2-1-3-14(15)20/h5-6,9,14-15H,1-4,7-8,10H2,(H3,18,19). The van der Waals surface area contributed by atoms with Crippen molar-refractivity contribution in [2.24, 2.45) is 5.73 Å². The van der Waals surface area contributed by atoms with Crippen molar-refractivity contribution in [2.75, 3.05) is 13.2 Å². The van der Waals surface area contributed by atoms with Crippen LogP contribution in [-0.4, -0.2) is 36.0 Å². The number of morpholine rings is 1. The van der Waals surface area contributed by atoms with E-state index in [0.29, 0.717) is 24.3 Å². The summed E-state index contributed by atoms with van der Waals surface area (Å²) in [5.74, 6) is -0.417. The van der Waals surface area contributed by atoms with Crippen molar-refractivity contribution >= 4 is 5.84 Å². The zero-order valence-electron chi connectivity index (χ0n) is 12.1. The third-order valence-electron chi connectivity index (χ3n) is 4.58. The monoisotopic (exact) mass is 291 g/mol. The van der Waals surface area contributed by atoms with Crippen molar-refractivity contribution in [3.8, 4) is 0 Å². The number of nitrogens with one attached hydrogen (secondary N) is 1. The third-order valence-corrected chi connectivity index (χ3v) is 4.58. The lowest BCUT2D eigenvalue weighted by atomic mass is 9.89. The molecule has 1 aliphatic heterocycles. The van der Waals surface area contributed by atoms with E-state index in [-0.39, 0.29) is 11.7 Å². The summed E-state index contributed by atoms with van der Waals surface area (Å²) < 4.78 is 19.2. The highest BCUT2D eigenvalue weighted by molar-refractivity contribution is 5.96. The van der Waals surface area contributed by atoms with Crippen molar-refractivity contribution in [1.29, 1.82) is 5.41 Å². The first kappa shape index (κ1) is 14.5. The van der Waals surface area contributed by atoms with E-state index in [1.54, 1.807) is 6.07 Å². The average Bonchev–Trinajstić information content (AvgIpc) is 2.49. The van der Waals surface area contributed by atoms with Gasteiger partial charge in [0.25, 0.3) is 0 Å². The Bertz CT molecular complexity index is 532. The fourth-order valence-electron chi connectivity index (χ4n) is 3.53. The highest BCUT2D eigenvalue weighted by Gasteiger charge is 2.34. The van der Waals surface area contributed by atoms with Gasteiger partial charge in [-0.2, -0.15) is 0 Å². The Kier molecular flexibility index (Phi) is 4.22. The lowest BCUT2D eigenvalue weighted by molar-refractivity contribution is -0.0911. The Labute approximate surface area is 124 Å². The highest BCUT2D eigenvalue weighted by atomic mass is 19.1. The lowest BCUT2D eigenvalue weighted by Gasteiger charge is -2.44. The molecule has 0 bridgehead atoms. The normalized spacial score (nSPS) is 26.3. The van der Waals surface area contributed by atoms with Crippen molar-refractivity contribution < 1.29 is 9.13 Å². The Morgan fingerprint density at radius 2 is 2.19 bits per heavy atom. The minimum atomic E-state index is -0.346. The number of ether oxygens (including phenoxy) is 1. The topological polar surface area (TPSA) is 62.3 Å². The SMILES string of the molecule is N=C(N)c1cc(F)ccc1CN1CCOC2CCCCC21. The Balaban J connectivity index is 1.80. The van der Waals surface area contributed by atoms with Gasteiger partial charge in [0.2, 0.25) is 0 Å². The van der Waals surface area contributed by atoms with Gasteiger partial charge in [-0.25, -0.2) is 4.39 Å². The molecule has 1 saturated heterocycles. The molecule has 1 aromatic carbocycles. The maximum Gasteiger partial charge on any atom is 0.123 e. The van der Waals surface area contributed by atoms with Gasteiger partial charge in [-0.15, -0.1) is 0 Å². The molecule has 0 radical (unpaired) electrons. The number of rotatable bonds is 3. The van der Waals surface area contributed by atoms with E-state index in [1.165, 1.54) is 25.0 Å². The summed E-state index contributed by atoms with van der Waals surface area (Å²) in [5.41, 5.74) is 7.03. The van der Waals surface area contributed by atoms with E-state index in [9.17, 15) is 4.39 Å². The van der Waals surface area contributed by atoms with Gasteiger partial charge in [-0.05, 0) is 30.5 Å². The molecule has 5 heteroatoms. The third kappa shape index (κ3) is 3.09. The van der Waals surface area contributed by atoms with E-state index in [1.807, 2.05) is 0 Å². The molecule has 3 rings (SSSR count). The fraction of sp³-hybridized carbons (Fsp3) is 0.562. The molecule has 2 unspecified atom stereocenters. The molecule has 3 N–H and O–H groups in total. The molecule has 1 aromatic rings. The molecule has 1 saturated carbocycles. The summed E-state index contributed by atoms with van der Waals surface area (Å²) in [7, 11) is 0. The maximum absolute atomic E-state index is 13.4. The molecule has 2 atom stereocenters. The predicted molar refractivity (Wildman–Crippen MR) is 79.8 cm³/mol. The quantitative estimate of drug-likeness (QED) is 0.663.